The van der Waals surface area contributed by atoms with Crippen molar-refractivity contribution in [1.82, 2.24) is 10.8 Å². The van der Waals surface area contributed by atoms with Gasteiger partial charge >= 0.3 is 12.2 Å². The SMILES string of the molecule is C=CCNC(=O)ONC(=O)OCC. The molecule has 0 bridgehead atoms. The van der Waals surface area contributed by atoms with Crippen molar-refractivity contribution in [2.75, 3.05) is 13.2 Å². The highest BCUT2D eigenvalue weighted by Crippen LogP contribution is 1.78. The third kappa shape index (κ3) is 6.67. The summed E-state index contributed by atoms with van der Waals surface area (Å²) in [5.74, 6) is 0. The van der Waals surface area contributed by atoms with Gasteiger partial charge in [-0.2, -0.15) is 0 Å². The zero-order chi connectivity index (χ0) is 10.1. The normalized spacial score (nSPS) is 8.38. The van der Waals surface area contributed by atoms with Crippen LogP contribution in [0.1, 0.15) is 6.92 Å². The molecule has 74 valence electrons. The minimum absolute atomic E-state index is 0.212. The first-order chi connectivity index (χ1) is 6.20. The molecule has 0 unspecified atom stereocenters. The Bertz CT molecular complexity index is 193. The van der Waals surface area contributed by atoms with Crippen LogP contribution in [-0.2, 0) is 9.57 Å². The smallest absolute Gasteiger partial charge is 0.440 e. The van der Waals surface area contributed by atoms with Crippen LogP contribution in [0.4, 0.5) is 9.59 Å². The zero-order valence-corrected chi connectivity index (χ0v) is 7.33. The van der Waals surface area contributed by atoms with Gasteiger partial charge in [-0.25, -0.2) is 9.59 Å². The predicted octanol–water partition coefficient (Wildman–Crippen LogP) is 0.560. The standard InChI is InChI=1S/C7H12N2O4/c1-3-5-8-6(10)13-9-7(11)12-4-2/h3H,1,4-5H2,2H3,(H,8,10)(H,9,11). The van der Waals surface area contributed by atoms with Gasteiger partial charge in [0, 0.05) is 6.54 Å². The lowest BCUT2D eigenvalue weighted by Crippen LogP contribution is -2.34. The summed E-state index contributed by atoms with van der Waals surface area (Å²) >= 11 is 0. The minimum atomic E-state index is -0.809. The first-order valence-corrected chi connectivity index (χ1v) is 3.69. The largest absolute Gasteiger partial charge is 0.448 e. The lowest BCUT2D eigenvalue weighted by Gasteiger charge is -2.05. The summed E-state index contributed by atoms with van der Waals surface area (Å²) in [5, 5.41) is 2.28. The number of hydrogen-bond acceptors (Lipinski definition) is 4. The lowest BCUT2D eigenvalue weighted by molar-refractivity contribution is 0.0660. The number of carbonyl (C=O) groups excluding carboxylic acids is 2. The molecule has 13 heavy (non-hydrogen) atoms. The first-order valence-electron chi connectivity index (χ1n) is 3.69. The molecule has 0 aliphatic heterocycles. The van der Waals surface area contributed by atoms with Crippen molar-refractivity contribution in [2.24, 2.45) is 0 Å². The van der Waals surface area contributed by atoms with Crippen molar-refractivity contribution in [3.8, 4) is 0 Å². The van der Waals surface area contributed by atoms with Crippen molar-refractivity contribution < 1.29 is 19.2 Å². The van der Waals surface area contributed by atoms with Crippen molar-refractivity contribution in [3.05, 3.63) is 12.7 Å². The number of nitrogens with one attached hydrogen (secondary N) is 2. The Balaban J connectivity index is 3.45. The maximum atomic E-state index is 10.7. The number of carbonyl (C=O) groups is 2. The first kappa shape index (κ1) is 11.3. The molecule has 0 aliphatic carbocycles. The van der Waals surface area contributed by atoms with Crippen LogP contribution >= 0.6 is 0 Å². The molecule has 0 rings (SSSR count). The molecule has 0 aromatic heterocycles. The third-order valence-electron chi connectivity index (χ3n) is 0.893. The average Bonchev–Trinajstić information content (AvgIpc) is 2.12. The van der Waals surface area contributed by atoms with Gasteiger partial charge in [0.05, 0.1) is 6.61 Å². The monoisotopic (exact) mass is 188 g/mol. The van der Waals surface area contributed by atoms with E-state index < -0.39 is 12.2 Å². The van der Waals surface area contributed by atoms with E-state index in [4.69, 9.17) is 0 Å². The molecule has 0 aromatic rings. The van der Waals surface area contributed by atoms with Gasteiger partial charge in [0.25, 0.3) is 0 Å². The summed E-state index contributed by atoms with van der Waals surface area (Å²) in [6, 6.07) is 0. The molecule has 0 atom stereocenters. The van der Waals surface area contributed by atoms with E-state index in [0.717, 1.165) is 0 Å². The maximum absolute atomic E-state index is 10.7. The van der Waals surface area contributed by atoms with Crippen molar-refractivity contribution in [3.63, 3.8) is 0 Å². The fraction of sp³-hybridized carbons (Fsp3) is 0.429. The molecule has 0 heterocycles. The van der Waals surface area contributed by atoms with E-state index in [9.17, 15) is 9.59 Å². The number of hydrogen-bond donors (Lipinski definition) is 2. The van der Waals surface area contributed by atoms with Crippen LogP contribution < -0.4 is 10.8 Å². The van der Waals surface area contributed by atoms with Crippen LogP contribution in [0.3, 0.4) is 0 Å². The van der Waals surface area contributed by atoms with Crippen LogP contribution in [0.5, 0.6) is 0 Å². The van der Waals surface area contributed by atoms with Gasteiger partial charge in [0.15, 0.2) is 0 Å². The second-order valence-electron chi connectivity index (χ2n) is 1.88. The average molecular weight is 188 g/mol. The fourth-order valence-corrected chi connectivity index (χ4v) is 0.440. The van der Waals surface area contributed by atoms with E-state index in [1.165, 1.54) is 6.08 Å². The topological polar surface area (TPSA) is 76.7 Å². The quantitative estimate of drug-likeness (QED) is 0.501. The Morgan fingerprint density at radius 1 is 1.46 bits per heavy atom. The third-order valence-corrected chi connectivity index (χ3v) is 0.893. The van der Waals surface area contributed by atoms with Crippen LogP contribution in [0.15, 0.2) is 12.7 Å². The zero-order valence-electron chi connectivity index (χ0n) is 7.33. The maximum Gasteiger partial charge on any atom is 0.440 e. The molecule has 0 radical (unpaired) electrons. The van der Waals surface area contributed by atoms with Gasteiger partial charge in [-0.3, -0.25) is 0 Å². The molecule has 0 saturated carbocycles. The number of amides is 2. The van der Waals surface area contributed by atoms with Crippen LogP contribution in [0, 0.1) is 0 Å². The Morgan fingerprint density at radius 3 is 2.69 bits per heavy atom. The van der Waals surface area contributed by atoms with Crippen molar-refractivity contribution in [2.45, 2.75) is 6.92 Å². The molecule has 0 spiro atoms. The van der Waals surface area contributed by atoms with Crippen LogP contribution in [0.2, 0.25) is 0 Å². The molecule has 0 saturated heterocycles. The van der Waals surface area contributed by atoms with Gasteiger partial charge in [-0.05, 0) is 6.92 Å². The van der Waals surface area contributed by atoms with E-state index in [2.05, 4.69) is 21.5 Å². The summed E-state index contributed by atoms with van der Waals surface area (Å²) in [6.45, 7) is 5.49. The lowest BCUT2D eigenvalue weighted by atomic mass is 10.6. The molecular weight excluding hydrogens is 176 g/mol. The summed E-state index contributed by atoms with van der Waals surface area (Å²) in [5.41, 5.74) is 1.78. The second kappa shape index (κ2) is 6.96. The summed E-state index contributed by atoms with van der Waals surface area (Å²) in [7, 11) is 0. The molecule has 0 aromatic carbocycles. The Morgan fingerprint density at radius 2 is 2.15 bits per heavy atom. The van der Waals surface area contributed by atoms with Gasteiger partial charge in [0.1, 0.15) is 0 Å². The van der Waals surface area contributed by atoms with Crippen molar-refractivity contribution in [1.29, 1.82) is 0 Å². The highest BCUT2D eigenvalue weighted by atomic mass is 16.7. The summed E-state index contributed by atoms with van der Waals surface area (Å²) < 4.78 is 4.42. The molecule has 0 fully saturated rings. The van der Waals surface area contributed by atoms with Gasteiger partial charge in [-0.1, -0.05) is 6.08 Å². The van der Waals surface area contributed by atoms with E-state index in [0.29, 0.717) is 0 Å². The Labute approximate surface area is 75.8 Å². The molecule has 6 heteroatoms. The Kier molecular flexibility index (Phi) is 6.04. The fourth-order valence-electron chi connectivity index (χ4n) is 0.440. The molecule has 0 aliphatic rings. The van der Waals surface area contributed by atoms with Gasteiger partial charge in [-0.15, -0.1) is 12.1 Å². The van der Waals surface area contributed by atoms with Gasteiger partial charge in [0.2, 0.25) is 0 Å². The molecule has 2 amide bonds. The molecule has 6 nitrogen and oxygen atoms in total. The van der Waals surface area contributed by atoms with Gasteiger partial charge < -0.3 is 14.9 Å². The number of ether oxygens (including phenoxy) is 1. The highest BCUT2D eigenvalue weighted by molar-refractivity contribution is 5.71. The Hall–Kier alpha value is -1.72. The molecule has 2 N–H and O–H groups in total. The molecular formula is C7H12N2O4. The van der Waals surface area contributed by atoms with Crippen LogP contribution in [-0.4, -0.2) is 25.3 Å². The van der Waals surface area contributed by atoms with E-state index in [-0.39, 0.29) is 13.2 Å². The number of rotatable bonds is 3. The summed E-state index contributed by atoms with van der Waals surface area (Å²) in [6.07, 6.45) is -0.102. The van der Waals surface area contributed by atoms with E-state index in [1.807, 2.05) is 0 Å². The summed E-state index contributed by atoms with van der Waals surface area (Å²) in [4.78, 5) is 25.5. The van der Waals surface area contributed by atoms with Crippen molar-refractivity contribution >= 4 is 12.2 Å². The minimum Gasteiger partial charge on any atom is -0.448 e. The predicted molar refractivity (Wildman–Crippen MR) is 44.8 cm³/mol. The number of hydroxylamine groups is 1. The highest BCUT2D eigenvalue weighted by Gasteiger charge is 2.04. The van der Waals surface area contributed by atoms with Crippen LogP contribution in [0.25, 0.3) is 0 Å². The van der Waals surface area contributed by atoms with E-state index in [1.54, 1.807) is 12.4 Å². The second-order valence-corrected chi connectivity index (χ2v) is 1.88. The van der Waals surface area contributed by atoms with E-state index >= 15 is 0 Å².